The largest absolute Gasteiger partial charge is 0.508 e. The fourth-order valence-corrected chi connectivity index (χ4v) is 1.13. The van der Waals surface area contributed by atoms with Gasteiger partial charge >= 0.3 is 6.16 Å². The van der Waals surface area contributed by atoms with Crippen molar-refractivity contribution in [3.05, 3.63) is 7.11 Å². The van der Waals surface area contributed by atoms with Gasteiger partial charge in [-0.2, -0.15) is 0 Å². The number of carbonyl (C=O) groups is 1. The van der Waals surface area contributed by atoms with E-state index in [1.807, 2.05) is 0 Å². The van der Waals surface area contributed by atoms with E-state index in [9.17, 15) is 4.79 Å². The maximum atomic E-state index is 10.4. The summed E-state index contributed by atoms with van der Waals surface area (Å²) in [6.07, 6.45) is 4.18. The lowest BCUT2D eigenvalue weighted by Crippen LogP contribution is -2.15. The van der Waals surface area contributed by atoms with E-state index in [1.165, 1.54) is 19.3 Å². The Balaban J connectivity index is 1.90. The number of hydrogen-bond acceptors (Lipinski definition) is 3. The Morgan fingerprint density at radius 2 is 2.27 bits per heavy atom. The van der Waals surface area contributed by atoms with Crippen molar-refractivity contribution < 1.29 is 14.3 Å². The van der Waals surface area contributed by atoms with Crippen molar-refractivity contribution in [1.29, 1.82) is 0 Å². The zero-order chi connectivity index (χ0) is 8.10. The molecule has 0 N–H and O–H groups in total. The van der Waals surface area contributed by atoms with Crippen LogP contribution in [0.5, 0.6) is 0 Å². The highest BCUT2D eigenvalue weighted by Crippen LogP contribution is 2.29. The summed E-state index contributed by atoms with van der Waals surface area (Å²) in [5.74, 6) is 0.771. The lowest BCUT2D eigenvalue weighted by molar-refractivity contribution is 0.0735. The Labute approximate surface area is 66.7 Å². The normalized spacial score (nSPS) is 17.2. The van der Waals surface area contributed by atoms with Gasteiger partial charge in [-0.1, -0.05) is 19.3 Å². The van der Waals surface area contributed by atoms with Crippen LogP contribution in [-0.4, -0.2) is 12.8 Å². The molecule has 11 heavy (non-hydrogen) atoms. The van der Waals surface area contributed by atoms with E-state index in [4.69, 9.17) is 0 Å². The summed E-state index contributed by atoms with van der Waals surface area (Å²) in [5.41, 5.74) is 0. The zero-order valence-electron chi connectivity index (χ0n) is 6.54. The van der Waals surface area contributed by atoms with Gasteiger partial charge in [0.2, 0.25) is 0 Å². The second-order valence-electron chi connectivity index (χ2n) is 2.83. The smallest absolute Gasteiger partial charge is 0.434 e. The highest BCUT2D eigenvalue weighted by Gasteiger charge is 2.17. The summed E-state index contributed by atoms with van der Waals surface area (Å²) in [7, 11) is 2.94. The van der Waals surface area contributed by atoms with Crippen LogP contribution in [0.4, 0.5) is 4.79 Å². The van der Waals surface area contributed by atoms with E-state index >= 15 is 0 Å². The lowest BCUT2D eigenvalue weighted by atomic mass is 9.83. The van der Waals surface area contributed by atoms with E-state index in [0.29, 0.717) is 6.61 Å². The van der Waals surface area contributed by atoms with Gasteiger partial charge < -0.3 is 9.47 Å². The van der Waals surface area contributed by atoms with Crippen LogP contribution >= 0.6 is 0 Å². The van der Waals surface area contributed by atoms with Crippen LogP contribution in [0.15, 0.2) is 0 Å². The molecule has 0 heterocycles. The summed E-state index contributed by atoms with van der Waals surface area (Å²) in [4.78, 5) is 10.4. The minimum atomic E-state index is -0.677. The first-order valence-electron chi connectivity index (χ1n) is 3.91. The van der Waals surface area contributed by atoms with Crippen LogP contribution < -0.4 is 0 Å². The molecule has 1 aliphatic rings. The molecular formula is C8H13O3. The van der Waals surface area contributed by atoms with Crippen molar-refractivity contribution in [2.24, 2.45) is 5.92 Å². The summed E-state index contributed by atoms with van der Waals surface area (Å²) >= 11 is 0. The molecule has 3 nitrogen and oxygen atoms in total. The second kappa shape index (κ2) is 4.21. The lowest BCUT2D eigenvalue weighted by Gasteiger charge is -2.24. The first kappa shape index (κ1) is 8.37. The summed E-state index contributed by atoms with van der Waals surface area (Å²) < 4.78 is 8.75. The van der Waals surface area contributed by atoms with E-state index in [-0.39, 0.29) is 0 Å². The number of carbonyl (C=O) groups excluding carboxylic acids is 1. The maximum Gasteiger partial charge on any atom is 0.508 e. The first-order chi connectivity index (χ1) is 5.33. The third-order valence-corrected chi connectivity index (χ3v) is 2.09. The van der Waals surface area contributed by atoms with Gasteiger partial charge in [-0.05, 0) is 12.3 Å². The molecule has 0 aromatic carbocycles. The third-order valence-electron chi connectivity index (χ3n) is 2.09. The molecule has 0 atom stereocenters. The Morgan fingerprint density at radius 3 is 2.73 bits per heavy atom. The molecule has 3 heteroatoms. The predicted octanol–water partition coefficient (Wildman–Crippen LogP) is 2.12. The quantitative estimate of drug-likeness (QED) is 0.588. The first-order valence-corrected chi connectivity index (χ1v) is 3.91. The fourth-order valence-electron chi connectivity index (χ4n) is 1.13. The van der Waals surface area contributed by atoms with Crippen LogP contribution in [0.1, 0.15) is 25.7 Å². The number of rotatable bonds is 3. The molecule has 1 fully saturated rings. The van der Waals surface area contributed by atoms with Gasteiger partial charge in [-0.3, -0.25) is 0 Å². The van der Waals surface area contributed by atoms with Crippen LogP contribution in [0.25, 0.3) is 0 Å². The van der Waals surface area contributed by atoms with Crippen LogP contribution in [0.3, 0.4) is 0 Å². The topological polar surface area (TPSA) is 35.5 Å². The number of ether oxygens (including phenoxy) is 2. The molecule has 1 saturated carbocycles. The standard InChI is InChI=1S/C8H13O3/c1-10-8(9)11-6-5-7-3-2-4-7/h7H,1-6H2. The maximum absolute atomic E-state index is 10.4. The number of hydrogen-bond donors (Lipinski definition) is 0. The van der Waals surface area contributed by atoms with Gasteiger partial charge in [-0.15, -0.1) is 0 Å². The SMILES string of the molecule is [CH2]OC(=O)OCCC1CCC1. The van der Waals surface area contributed by atoms with Crippen molar-refractivity contribution >= 4 is 6.16 Å². The molecule has 1 aliphatic carbocycles. The zero-order valence-corrected chi connectivity index (χ0v) is 6.54. The minimum Gasteiger partial charge on any atom is -0.434 e. The van der Waals surface area contributed by atoms with Gasteiger partial charge in [0, 0.05) is 0 Å². The highest BCUT2D eigenvalue weighted by molar-refractivity contribution is 5.59. The molecule has 0 aromatic heterocycles. The fraction of sp³-hybridized carbons (Fsp3) is 0.750. The molecule has 63 valence electrons. The molecule has 0 spiro atoms. The van der Waals surface area contributed by atoms with Crippen LogP contribution in [0, 0.1) is 13.0 Å². The van der Waals surface area contributed by atoms with Gasteiger partial charge in [0.1, 0.15) is 7.11 Å². The van der Waals surface area contributed by atoms with E-state index in [1.54, 1.807) is 0 Å². The summed E-state index contributed by atoms with van der Waals surface area (Å²) in [6, 6.07) is 0. The van der Waals surface area contributed by atoms with Crippen LogP contribution in [-0.2, 0) is 9.47 Å². The molecule has 0 aliphatic heterocycles. The van der Waals surface area contributed by atoms with Crippen molar-refractivity contribution in [1.82, 2.24) is 0 Å². The summed E-state index contributed by atoms with van der Waals surface area (Å²) in [6.45, 7) is 0.471. The average molecular weight is 157 g/mol. The molecule has 1 rings (SSSR count). The molecule has 0 bridgehead atoms. The Bertz CT molecular complexity index is 129. The molecule has 0 aromatic rings. The monoisotopic (exact) mass is 157 g/mol. The molecule has 0 saturated heterocycles. The highest BCUT2D eigenvalue weighted by atomic mass is 16.7. The molecule has 0 unspecified atom stereocenters. The van der Waals surface area contributed by atoms with Gasteiger partial charge in [0.15, 0.2) is 0 Å². The van der Waals surface area contributed by atoms with E-state index < -0.39 is 6.16 Å². The molecule has 1 radical (unpaired) electrons. The van der Waals surface area contributed by atoms with Crippen LogP contribution in [0.2, 0.25) is 0 Å². The van der Waals surface area contributed by atoms with Gasteiger partial charge in [0.05, 0.1) is 6.61 Å². The Kier molecular flexibility index (Phi) is 3.20. The van der Waals surface area contributed by atoms with Crippen molar-refractivity contribution in [2.45, 2.75) is 25.7 Å². The van der Waals surface area contributed by atoms with Crippen molar-refractivity contribution in [2.75, 3.05) is 6.61 Å². The average Bonchev–Trinajstić information content (AvgIpc) is 1.94. The molecule has 0 amide bonds. The minimum absolute atomic E-state index is 0.471. The van der Waals surface area contributed by atoms with Gasteiger partial charge in [-0.25, -0.2) is 4.79 Å². The Hall–Kier alpha value is -0.730. The summed E-state index contributed by atoms with van der Waals surface area (Å²) in [5, 5.41) is 0. The predicted molar refractivity (Wildman–Crippen MR) is 39.7 cm³/mol. The molecular weight excluding hydrogens is 144 g/mol. The van der Waals surface area contributed by atoms with Gasteiger partial charge in [0.25, 0.3) is 0 Å². The van der Waals surface area contributed by atoms with E-state index in [0.717, 1.165) is 12.3 Å². The van der Waals surface area contributed by atoms with Crippen molar-refractivity contribution in [3.63, 3.8) is 0 Å². The third kappa shape index (κ3) is 2.78. The van der Waals surface area contributed by atoms with E-state index in [2.05, 4.69) is 16.6 Å². The second-order valence-corrected chi connectivity index (χ2v) is 2.83. The Morgan fingerprint density at radius 1 is 1.55 bits per heavy atom. The van der Waals surface area contributed by atoms with Crippen molar-refractivity contribution in [3.8, 4) is 0 Å².